The smallest absolute Gasteiger partial charge is 0.744 e. The van der Waals surface area contributed by atoms with Gasteiger partial charge in [-0.15, -0.1) is 10.2 Å². The zero-order valence-electron chi connectivity index (χ0n) is 47.2. The average Bonchev–Trinajstić information content (AvgIpc) is 1.39. The summed E-state index contributed by atoms with van der Waals surface area (Å²) in [6.45, 7) is 0. The zero-order valence-corrected chi connectivity index (χ0v) is 58.4. The summed E-state index contributed by atoms with van der Waals surface area (Å²) in [7, 11) is -10.2. The van der Waals surface area contributed by atoms with E-state index in [1.165, 1.54) is 84.9 Å². The van der Waals surface area contributed by atoms with E-state index in [-0.39, 0.29) is 190 Å². The Bertz CT molecular complexity index is 4440. The third-order valence-corrected chi connectivity index (χ3v) is 14.3. The van der Waals surface area contributed by atoms with E-state index in [1.807, 2.05) is 0 Å². The van der Waals surface area contributed by atoms with E-state index < -0.39 is 99.2 Å². The first-order chi connectivity index (χ1) is 41.7. The van der Waals surface area contributed by atoms with Crippen LogP contribution in [0.4, 0.5) is 45.5 Å². The fraction of sp³-hybridized carbons (Fsp3) is 0. The van der Waals surface area contributed by atoms with Gasteiger partial charge in [0.25, 0.3) is 0 Å². The number of carboxylic acids is 4. The molecule has 0 aliphatic heterocycles. The van der Waals surface area contributed by atoms with Crippen LogP contribution in [0.2, 0.25) is 0 Å². The minimum atomic E-state index is -5.13. The summed E-state index contributed by atoms with van der Waals surface area (Å²) >= 11 is 0.796. The SMILES string of the molecule is O=C(O)c1cc(N=Nc2ccc(-c3ccc(N=Nc4ccc(O)c(C(=O)O)c4)c(S(=O)(=O)[O-])c3)cc2SOO[O-])ccc1O.O=C(O)c1cc(N=Nc2ccc(-c3ccc(N=Nc4ccc(O)c(C(=O)O)c4)cc3S(=O)(=O)[O-])c(SOO[O-])c2)ccc1O.[Na+].[Na+].[Na+].[Na+]. The van der Waals surface area contributed by atoms with Crippen LogP contribution >= 0.6 is 24.1 Å². The van der Waals surface area contributed by atoms with Crippen molar-refractivity contribution in [2.24, 2.45) is 40.9 Å². The molecular formula is C52H32N8Na4O24S4. The molecule has 8 aromatic rings. The van der Waals surface area contributed by atoms with Crippen molar-refractivity contribution in [2.45, 2.75) is 19.6 Å². The van der Waals surface area contributed by atoms with Crippen LogP contribution in [0.3, 0.4) is 0 Å². The van der Waals surface area contributed by atoms with Crippen LogP contribution in [-0.4, -0.2) is 90.7 Å². The Morgan fingerprint density at radius 1 is 0.359 bits per heavy atom. The average molecular weight is 1370 g/mol. The maximum Gasteiger partial charge on any atom is 1.00 e. The molecule has 0 saturated heterocycles. The Balaban J connectivity index is 0.000000460. The van der Waals surface area contributed by atoms with E-state index in [1.54, 1.807) is 0 Å². The second-order valence-corrected chi connectivity index (χ2v) is 21.1. The molecule has 0 atom stereocenters. The molecule has 452 valence electrons. The van der Waals surface area contributed by atoms with E-state index in [2.05, 4.69) is 59.7 Å². The number of carbonyl (C=O) groups is 4. The van der Waals surface area contributed by atoms with Crippen molar-refractivity contribution in [2.75, 3.05) is 0 Å². The van der Waals surface area contributed by atoms with E-state index in [0.29, 0.717) is 29.6 Å². The van der Waals surface area contributed by atoms with E-state index in [4.69, 9.17) is 20.4 Å². The molecule has 8 rings (SSSR count). The number of hydrogen-bond donors (Lipinski definition) is 8. The van der Waals surface area contributed by atoms with Gasteiger partial charge in [0.15, 0.2) is 0 Å². The topological polar surface area (TPSA) is 526 Å². The molecule has 8 N–H and O–H groups in total. The fourth-order valence-electron chi connectivity index (χ4n) is 7.27. The number of rotatable bonds is 22. The van der Waals surface area contributed by atoms with Crippen LogP contribution in [0.5, 0.6) is 23.0 Å². The number of benzene rings is 8. The summed E-state index contributed by atoms with van der Waals surface area (Å²) in [5.41, 5.74) is -1.33. The Morgan fingerprint density at radius 3 is 1.05 bits per heavy atom. The van der Waals surface area contributed by atoms with Crippen LogP contribution in [0.15, 0.2) is 206 Å². The number of hydrogen-bond acceptors (Lipinski definition) is 30. The first kappa shape index (κ1) is 79.8. The molecule has 0 heterocycles. The molecule has 0 fully saturated rings. The van der Waals surface area contributed by atoms with Gasteiger partial charge < -0.3 is 60.5 Å². The molecular weight excluding hydrogens is 1340 g/mol. The molecule has 40 heteroatoms. The third kappa shape index (κ3) is 21.8. The number of aromatic carboxylic acids is 4. The minimum absolute atomic E-state index is 0. The number of aromatic hydroxyl groups is 4. The predicted molar refractivity (Wildman–Crippen MR) is 293 cm³/mol. The van der Waals surface area contributed by atoms with E-state index in [0.717, 1.165) is 60.7 Å². The Hall–Kier alpha value is -6.48. The predicted octanol–water partition coefficient (Wildman–Crippen LogP) is -1.73. The second-order valence-electron chi connectivity index (χ2n) is 16.9. The Morgan fingerprint density at radius 2 is 0.674 bits per heavy atom. The van der Waals surface area contributed by atoms with Crippen LogP contribution in [0.25, 0.3) is 22.3 Å². The van der Waals surface area contributed by atoms with Gasteiger partial charge in [0, 0.05) is 10.5 Å². The Labute approximate surface area is 613 Å². The molecule has 0 radical (unpaired) electrons. The van der Waals surface area contributed by atoms with Crippen LogP contribution < -0.4 is 129 Å². The largest absolute Gasteiger partial charge is 1.00 e. The first-order valence-corrected chi connectivity index (χ1v) is 27.7. The van der Waals surface area contributed by atoms with Crippen molar-refractivity contribution >= 4 is 114 Å². The van der Waals surface area contributed by atoms with Crippen LogP contribution in [0, 0.1) is 0 Å². The van der Waals surface area contributed by atoms with Gasteiger partial charge in [-0.2, -0.15) is 39.4 Å². The summed E-state index contributed by atoms with van der Waals surface area (Å²) in [5, 5.41) is 134. The normalized spacial score (nSPS) is 11.3. The van der Waals surface area contributed by atoms with Gasteiger partial charge in [-0.1, -0.05) is 24.3 Å². The third-order valence-electron chi connectivity index (χ3n) is 11.3. The van der Waals surface area contributed by atoms with Crippen LogP contribution in [0.1, 0.15) is 41.4 Å². The fourth-order valence-corrected chi connectivity index (χ4v) is 9.63. The number of nitrogens with zero attached hydrogens (tertiary/aromatic N) is 8. The summed E-state index contributed by atoms with van der Waals surface area (Å²) in [6.07, 6.45) is 0. The zero-order chi connectivity index (χ0) is 64.0. The van der Waals surface area contributed by atoms with Crippen molar-refractivity contribution < 1.29 is 233 Å². The molecule has 0 amide bonds. The van der Waals surface area contributed by atoms with Crippen molar-refractivity contribution in [1.82, 2.24) is 0 Å². The second kappa shape index (κ2) is 36.3. The van der Waals surface area contributed by atoms with Crippen LogP contribution in [-0.2, 0) is 39.0 Å². The maximum atomic E-state index is 12.2. The molecule has 0 bridgehead atoms. The summed E-state index contributed by atoms with van der Waals surface area (Å²) < 4.78 is 81.7. The molecule has 0 aliphatic rings. The number of azo groups is 4. The quantitative estimate of drug-likeness (QED) is 0.00933. The molecule has 0 aliphatic carbocycles. The molecule has 8 aromatic carbocycles. The van der Waals surface area contributed by atoms with Crippen molar-refractivity contribution in [1.29, 1.82) is 0 Å². The summed E-state index contributed by atoms with van der Waals surface area (Å²) in [4.78, 5) is 43.7. The van der Waals surface area contributed by atoms with Crippen molar-refractivity contribution in [3.05, 3.63) is 168 Å². The van der Waals surface area contributed by atoms with Gasteiger partial charge in [-0.05, 0) is 138 Å². The molecule has 0 aromatic heterocycles. The minimum Gasteiger partial charge on any atom is -0.744 e. The van der Waals surface area contributed by atoms with Gasteiger partial charge in [0.1, 0.15) is 76.9 Å². The van der Waals surface area contributed by atoms with Gasteiger partial charge in [-0.3, -0.25) is 10.1 Å². The number of phenols is 4. The first-order valence-electron chi connectivity index (χ1n) is 23.4. The summed E-state index contributed by atoms with van der Waals surface area (Å²) in [5.74, 6) is -7.59. The molecule has 0 saturated carbocycles. The van der Waals surface area contributed by atoms with Crippen molar-refractivity contribution in [3.8, 4) is 45.3 Å². The van der Waals surface area contributed by atoms with Crippen molar-refractivity contribution in [3.63, 3.8) is 0 Å². The van der Waals surface area contributed by atoms with Gasteiger partial charge in [0.2, 0.25) is 0 Å². The number of carboxylic acid groups (broad SMARTS) is 4. The van der Waals surface area contributed by atoms with Gasteiger partial charge in [0.05, 0.1) is 72.9 Å². The molecule has 0 spiro atoms. The maximum absolute atomic E-state index is 12.2. The van der Waals surface area contributed by atoms with E-state index >= 15 is 0 Å². The molecule has 0 unspecified atom stereocenters. The summed E-state index contributed by atoms with van der Waals surface area (Å²) in [6, 6.07) is 29.1. The molecule has 92 heavy (non-hydrogen) atoms. The van der Waals surface area contributed by atoms with Gasteiger partial charge in [-0.25, -0.2) is 36.0 Å². The Kier molecular flexibility index (Phi) is 31.4. The van der Waals surface area contributed by atoms with Gasteiger partial charge >= 0.3 is 142 Å². The monoisotopic (exact) mass is 1370 g/mol. The standard InChI is InChI=1S/2C26H18N4O12S2.4Na/c31-21-7-3-13(9-19(21)25(33)34)27-29-15-1-5-17(23(11-15)43-42-41-37)18-6-2-16(12-24(18)44(38,39)40)30-28-14-4-8-22(32)20(10-14)26(35)36;31-21-7-3-15(11-17(21)25(33)34)27-29-19-5-1-13(9-23(19)43-42-41-37)14-2-6-20(24(10-14)44(38,39)40)30-28-16-4-8-22(32)18(12-16)26(35)36;;;;/h2*1-12,31-32,37H,(H,33,34)(H,35,36)(H,38,39,40);;;;/q;;4*+1/p-4. The van der Waals surface area contributed by atoms with E-state index in [9.17, 15) is 76.1 Å². The molecule has 32 nitrogen and oxygen atoms in total.